The molecule has 8 heteroatoms. The van der Waals surface area contributed by atoms with E-state index in [9.17, 15) is 14.4 Å². The number of fused-ring (bicyclic) bond motifs is 1. The zero-order valence-electron chi connectivity index (χ0n) is 20.9. The van der Waals surface area contributed by atoms with Crippen LogP contribution in [-0.4, -0.2) is 72.8 Å². The Morgan fingerprint density at radius 2 is 2.06 bits per heavy atom. The van der Waals surface area contributed by atoms with Crippen LogP contribution in [0.25, 0.3) is 0 Å². The molecular formula is C27H39N5O3. The topological polar surface area (TPSA) is 108 Å². The van der Waals surface area contributed by atoms with Crippen molar-refractivity contribution in [1.29, 1.82) is 0 Å². The van der Waals surface area contributed by atoms with E-state index in [0.717, 1.165) is 69.5 Å². The Labute approximate surface area is 209 Å². The number of nitrogens with two attached hydrogens (primary N) is 1. The molecule has 3 rings (SSSR count). The lowest BCUT2D eigenvalue weighted by Gasteiger charge is -2.29. The Morgan fingerprint density at radius 3 is 2.83 bits per heavy atom. The number of unbranched alkanes of at least 4 members (excludes halogenated alkanes) is 1. The number of nitrogens with zero attached hydrogens (tertiary/aromatic N) is 2. The zero-order valence-corrected chi connectivity index (χ0v) is 20.9. The van der Waals surface area contributed by atoms with Gasteiger partial charge in [0.1, 0.15) is 0 Å². The molecular weight excluding hydrogens is 442 g/mol. The number of benzene rings is 1. The van der Waals surface area contributed by atoms with Crippen molar-refractivity contribution in [2.45, 2.75) is 70.5 Å². The molecule has 0 bridgehead atoms. The highest BCUT2D eigenvalue weighted by atomic mass is 16.2. The molecule has 3 amide bonds. The first kappa shape index (κ1) is 26.9. The van der Waals surface area contributed by atoms with Gasteiger partial charge >= 0.3 is 0 Å². The maximum absolute atomic E-state index is 12.9. The third-order valence-corrected chi connectivity index (χ3v) is 6.90. The molecule has 1 aromatic rings. The number of likely N-dealkylation sites (tertiary alicyclic amines) is 1. The quantitative estimate of drug-likeness (QED) is 0.238. The minimum atomic E-state index is -0.330. The summed E-state index contributed by atoms with van der Waals surface area (Å²) in [6.45, 7) is 7.71. The number of nitrogens with one attached hydrogen (secondary N) is 2. The third-order valence-electron chi connectivity index (χ3n) is 6.90. The zero-order chi connectivity index (χ0) is 25.0. The highest BCUT2D eigenvalue weighted by molar-refractivity contribution is 5.99. The number of carbonyl (C=O) groups is 3. The highest BCUT2D eigenvalue weighted by Crippen LogP contribution is 2.28. The highest BCUT2D eigenvalue weighted by Gasteiger charge is 2.32. The smallest absolute Gasteiger partial charge is 0.254 e. The molecule has 8 nitrogen and oxygen atoms in total. The molecule has 0 spiro atoms. The van der Waals surface area contributed by atoms with E-state index >= 15 is 0 Å². The predicted molar refractivity (Wildman–Crippen MR) is 136 cm³/mol. The summed E-state index contributed by atoms with van der Waals surface area (Å²) in [7, 11) is 0. The summed E-state index contributed by atoms with van der Waals surface area (Å²) in [6, 6.07) is 5.97. The Kier molecular flexibility index (Phi) is 10.7. The maximum atomic E-state index is 12.9. The average molecular weight is 482 g/mol. The second-order valence-electron chi connectivity index (χ2n) is 9.53. The van der Waals surface area contributed by atoms with Crippen molar-refractivity contribution >= 4 is 18.2 Å². The minimum Gasteiger partial charge on any atom is -0.332 e. The largest absolute Gasteiger partial charge is 0.332 e. The standard InChI is InChI=1S/C27H39N5O3/c1-21(10-11-26(34)30-20-33)32-19-25-22(8-6-9-24(25)27(32)35)7-2-3-14-29-15-4-5-16-31-17-12-23(28)13-18-31/h6,8-9,20-21,23,29H,3-5,10-19,28H2,1H3,(H,30,33,34). The van der Waals surface area contributed by atoms with Gasteiger partial charge in [0, 0.05) is 49.1 Å². The minimum absolute atomic E-state index is 0.0268. The van der Waals surface area contributed by atoms with Crippen molar-refractivity contribution in [3.8, 4) is 11.8 Å². The van der Waals surface area contributed by atoms with E-state index in [1.165, 1.54) is 6.42 Å². The average Bonchev–Trinajstić information content (AvgIpc) is 3.20. The summed E-state index contributed by atoms with van der Waals surface area (Å²) in [6.07, 6.45) is 6.45. The molecule has 2 aliphatic heterocycles. The van der Waals surface area contributed by atoms with E-state index in [0.29, 0.717) is 31.0 Å². The molecule has 2 heterocycles. The first-order valence-corrected chi connectivity index (χ1v) is 12.8. The number of imide groups is 1. The monoisotopic (exact) mass is 481 g/mol. The van der Waals surface area contributed by atoms with Gasteiger partial charge in [0.05, 0.1) is 0 Å². The molecule has 0 saturated carbocycles. The van der Waals surface area contributed by atoms with Crippen LogP contribution >= 0.6 is 0 Å². The van der Waals surface area contributed by atoms with E-state index in [1.807, 2.05) is 25.1 Å². The van der Waals surface area contributed by atoms with Crippen LogP contribution < -0.4 is 16.4 Å². The SMILES string of the molecule is CC(CCC(=O)NC=O)N1Cc2c(C#CCCNCCCCN3CCC(N)CC3)cccc2C1=O. The van der Waals surface area contributed by atoms with Gasteiger partial charge in [-0.05, 0) is 82.9 Å². The van der Waals surface area contributed by atoms with E-state index in [2.05, 4.69) is 27.4 Å². The summed E-state index contributed by atoms with van der Waals surface area (Å²) in [5, 5.41) is 5.61. The number of amides is 3. The van der Waals surface area contributed by atoms with Crippen LogP contribution in [-0.2, 0) is 16.1 Å². The number of hydrogen-bond donors (Lipinski definition) is 3. The van der Waals surface area contributed by atoms with Crippen molar-refractivity contribution in [2.75, 3.05) is 32.7 Å². The maximum Gasteiger partial charge on any atom is 0.254 e. The fourth-order valence-electron chi connectivity index (χ4n) is 4.66. The van der Waals surface area contributed by atoms with E-state index in [1.54, 1.807) is 4.90 Å². The van der Waals surface area contributed by atoms with Crippen LogP contribution in [0.3, 0.4) is 0 Å². The summed E-state index contributed by atoms with van der Waals surface area (Å²) >= 11 is 0. The van der Waals surface area contributed by atoms with Gasteiger partial charge in [0.25, 0.3) is 5.91 Å². The molecule has 35 heavy (non-hydrogen) atoms. The molecule has 1 saturated heterocycles. The van der Waals surface area contributed by atoms with Crippen molar-refractivity contribution in [2.24, 2.45) is 5.73 Å². The fourth-order valence-corrected chi connectivity index (χ4v) is 4.66. The van der Waals surface area contributed by atoms with Gasteiger partial charge in [-0.3, -0.25) is 19.7 Å². The molecule has 1 aromatic carbocycles. The van der Waals surface area contributed by atoms with E-state index in [-0.39, 0.29) is 24.3 Å². The summed E-state index contributed by atoms with van der Waals surface area (Å²) in [4.78, 5) is 39.1. The molecule has 4 N–H and O–H groups in total. The van der Waals surface area contributed by atoms with Gasteiger partial charge in [-0.25, -0.2) is 0 Å². The van der Waals surface area contributed by atoms with Crippen LogP contribution in [0.15, 0.2) is 18.2 Å². The molecule has 2 aliphatic rings. The van der Waals surface area contributed by atoms with Gasteiger partial charge in [0.15, 0.2) is 0 Å². The van der Waals surface area contributed by atoms with Crippen molar-refractivity contribution in [3.05, 3.63) is 34.9 Å². The second-order valence-corrected chi connectivity index (χ2v) is 9.53. The van der Waals surface area contributed by atoms with Crippen LogP contribution in [0.4, 0.5) is 0 Å². The molecule has 1 fully saturated rings. The van der Waals surface area contributed by atoms with Crippen LogP contribution in [0.5, 0.6) is 0 Å². The van der Waals surface area contributed by atoms with Gasteiger partial charge in [-0.2, -0.15) is 0 Å². The summed E-state index contributed by atoms with van der Waals surface area (Å²) in [5.74, 6) is 6.14. The Hall–Kier alpha value is -2.73. The fraction of sp³-hybridized carbons (Fsp3) is 0.593. The van der Waals surface area contributed by atoms with Crippen LogP contribution in [0.2, 0.25) is 0 Å². The van der Waals surface area contributed by atoms with E-state index < -0.39 is 0 Å². The number of rotatable bonds is 12. The number of hydrogen-bond acceptors (Lipinski definition) is 6. The van der Waals surface area contributed by atoms with Crippen molar-refractivity contribution in [3.63, 3.8) is 0 Å². The van der Waals surface area contributed by atoms with Gasteiger partial charge < -0.3 is 20.9 Å². The molecule has 190 valence electrons. The van der Waals surface area contributed by atoms with Crippen LogP contribution in [0, 0.1) is 11.8 Å². The van der Waals surface area contributed by atoms with Crippen LogP contribution in [0.1, 0.15) is 73.4 Å². The van der Waals surface area contributed by atoms with Crippen molar-refractivity contribution in [1.82, 2.24) is 20.4 Å². The molecule has 0 aliphatic carbocycles. The summed E-state index contributed by atoms with van der Waals surface area (Å²) < 4.78 is 0. The Morgan fingerprint density at radius 1 is 1.26 bits per heavy atom. The van der Waals surface area contributed by atoms with E-state index in [4.69, 9.17) is 5.73 Å². The predicted octanol–water partition coefficient (Wildman–Crippen LogP) is 1.62. The molecule has 0 aromatic heterocycles. The second kappa shape index (κ2) is 14.0. The first-order chi connectivity index (χ1) is 17.0. The normalized spacial score (nSPS) is 17.0. The number of carbonyl (C=O) groups excluding carboxylic acids is 3. The molecule has 0 radical (unpaired) electrons. The third kappa shape index (κ3) is 8.17. The van der Waals surface area contributed by atoms with Crippen molar-refractivity contribution < 1.29 is 14.4 Å². The Bertz CT molecular complexity index is 930. The summed E-state index contributed by atoms with van der Waals surface area (Å²) in [5.41, 5.74) is 8.50. The van der Waals surface area contributed by atoms with Gasteiger partial charge in [0.2, 0.25) is 12.3 Å². The Balaban J connectivity index is 1.37. The molecule has 1 atom stereocenters. The van der Waals surface area contributed by atoms with Gasteiger partial charge in [-0.15, -0.1) is 0 Å². The molecule has 1 unspecified atom stereocenters. The lowest BCUT2D eigenvalue weighted by atomic mass is 10.0. The lowest BCUT2D eigenvalue weighted by Crippen LogP contribution is -2.40. The van der Waals surface area contributed by atoms with Gasteiger partial charge in [-0.1, -0.05) is 17.9 Å². The number of piperidine rings is 1. The lowest BCUT2D eigenvalue weighted by molar-refractivity contribution is -0.125. The first-order valence-electron chi connectivity index (χ1n) is 12.8.